The lowest BCUT2D eigenvalue weighted by atomic mass is 10.3. The van der Waals surface area contributed by atoms with Crippen LogP contribution in [0.3, 0.4) is 0 Å². The molecule has 7 heteroatoms. The number of rotatable bonds is 5. The highest BCUT2D eigenvalue weighted by Gasteiger charge is 2.03. The fraction of sp³-hybridized carbons (Fsp3) is 0.300. The molecule has 17 heavy (non-hydrogen) atoms. The van der Waals surface area contributed by atoms with Gasteiger partial charge in [-0.3, -0.25) is 4.98 Å². The van der Waals surface area contributed by atoms with Gasteiger partial charge in [-0.05, 0) is 23.5 Å². The maximum Gasteiger partial charge on any atom is 0.296 e. The molecule has 0 aromatic carbocycles. The molecule has 0 atom stereocenters. The first-order chi connectivity index (χ1) is 8.28. The van der Waals surface area contributed by atoms with Crippen LogP contribution in [-0.2, 0) is 18.0 Å². The summed E-state index contributed by atoms with van der Waals surface area (Å²) in [7, 11) is 1.63. The van der Waals surface area contributed by atoms with E-state index in [1.807, 2.05) is 18.2 Å². The Bertz CT molecular complexity index is 489. The van der Waals surface area contributed by atoms with E-state index in [0.717, 1.165) is 11.4 Å². The van der Waals surface area contributed by atoms with Crippen LogP contribution in [0.5, 0.6) is 5.19 Å². The molecule has 6 nitrogen and oxygen atoms in total. The molecule has 0 radical (unpaired) electrons. The average molecular weight is 252 g/mol. The molecule has 0 aliphatic carbocycles. The Hall–Kier alpha value is -1.73. The van der Waals surface area contributed by atoms with Gasteiger partial charge in [-0.25, -0.2) is 0 Å². The first-order valence-electron chi connectivity index (χ1n) is 4.93. The van der Waals surface area contributed by atoms with E-state index in [-0.39, 0.29) is 0 Å². The Balaban J connectivity index is 1.96. The summed E-state index contributed by atoms with van der Waals surface area (Å²) in [6, 6.07) is 5.69. The first-order valence-corrected chi connectivity index (χ1v) is 5.75. The van der Waals surface area contributed by atoms with Crippen LogP contribution in [-0.4, -0.2) is 22.3 Å². The van der Waals surface area contributed by atoms with Gasteiger partial charge in [-0.2, -0.15) is 0 Å². The predicted molar refractivity (Wildman–Crippen MR) is 63.6 cm³/mol. The van der Waals surface area contributed by atoms with Gasteiger partial charge in [0.2, 0.25) is 5.13 Å². The molecule has 0 amide bonds. The smallest absolute Gasteiger partial charge is 0.296 e. The summed E-state index contributed by atoms with van der Waals surface area (Å²) in [5, 5.41) is 8.25. The SMILES string of the molecule is COCc1cccc(COc2nnc(N)s2)n1. The fourth-order valence-electron chi connectivity index (χ4n) is 1.25. The van der Waals surface area contributed by atoms with E-state index in [4.69, 9.17) is 15.2 Å². The molecule has 2 N–H and O–H groups in total. The molecule has 0 fully saturated rings. The summed E-state index contributed by atoms with van der Waals surface area (Å²) in [5.74, 6) is 0. The second-order valence-corrected chi connectivity index (χ2v) is 4.22. The summed E-state index contributed by atoms with van der Waals surface area (Å²) in [6.45, 7) is 0.825. The van der Waals surface area contributed by atoms with Crippen molar-refractivity contribution in [2.75, 3.05) is 12.8 Å². The number of hydrogen-bond donors (Lipinski definition) is 1. The lowest BCUT2D eigenvalue weighted by Gasteiger charge is -2.03. The molecule has 0 unspecified atom stereocenters. The average Bonchev–Trinajstić information content (AvgIpc) is 2.74. The minimum absolute atomic E-state index is 0.339. The van der Waals surface area contributed by atoms with E-state index >= 15 is 0 Å². The summed E-state index contributed by atoms with van der Waals surface area (Å²) in [4.78, 5) is 4.36. The summed E-state index contributed by atoms with van der Waals surface area (Å²) in [6.07, 6.45) is 0. The van der Waals surface area contributed by atoms with Gasteiger partial charge in [-0.15, -0.1) is 5.10 Å². The van der Waals surface area contributed by atoms with Crippen molar-refractivity contribution < 1.29 is 9.47 Å². The van der Waals surface area contributed by atoms with Crippen LogP contribution in [0.15, 0.2) is 18.2 Å². The van der Waals surface area contributed by atoms with Gasteiger partial charge in [0.25, 0.3) is 5.19 Å². The summed E-state index contributed by atoms with van der Waals surface area (Å²) >= 11 is 1.20. The number of nitrogen functional groups attached to an aromatic ring is 1. The Morgan fingerprint density at radius 3 is 2.65 bits per heavy atom. The minimum Gasteiger partial charge on any atom is -0.462 e. The third kappa shape index (κ3) is 3.36. The van der Waals surface area contributed by atoms with Crippen molar-refractivity contribution >= 4 is 16.5 Å². The highest BCUT2D eigenvalue weighted by Crippen LogP contribution is 2.19. The molecule has 0 spiro atoms. The molecule has 2 heterocycles. The highest BCUT2D eigenvalue weighted by molar-refractivity contribution is 7.16. The van der Waals surface area contributed by atoms with Crippen LogP contribution in [0, 0.1) is 0 Å². The molecular weight excluding hydrogens is 240 g/mol. The van der Waals surface area contributed by atoms with Crippen LogP contribution in [0.2, 0.25) is 0 Å². The van der Waals surface area contributed by atoms with Crippen LogP contribution < -0.4 is 10.5 Å². The molecule has 2 rings (SSSR count). The molecule has 0 aliphatic rings. The van der Waals surface area contributed by atoms with E-state index in [2.05, 4.69) is 15.2 Å². The number of nitrogens with zero attached hydrogens (tertiary/aromatic N) is 3. The second-order valence-electron chi connectivity index (χ2n) is 3.25. The fourth-order valence-corrected chi connectivity index (χ4v) is 1.71. The van der Waals surface area contributed by atoms with Gasteiger partial charge < -0.3 is 15.2 Å². The molecule has 2 aromatic rings. The zero-order valence-corrected chi connectivity index (χ0v) is 10.1. The van der Waals surface area contributed by atoms with Crippen molar-refractivity contribution in [2.24, 2.45) is 0 Å². The lowest BCUT2D eigenvalue weighted by Crippen LogP contribution is -2.01. The molecular formula is C10H12N4O2S. The molecule has 0 saturated carbocycles. The van der Waals surface area contributed by atoms with Crippen molar-refractivity contribution in [1.82, 2.24) is 15.2 Å². The number of nitrogens with two attached hydrogens (primary N) is 1. The normalized spacial score (nSPS) is 10.4. The number of methoxy groups -OCH3 is 1. The van der Waals surface area contributed by atoms with Crippen molar-refractivity contribution in [3.8, 4) is 5.19 Å². The molecule has 0 bridgehead atoms. The van der Waals surface area contributed by atoms with Crippen molar-refractivity contribution in [3.05, 3.63) is 29.6 Å². The highest BCUT2D eigenvalue weighted by atomic mass is 32.1. The third-order valence-electron chi connectivity index (χ3n) is 1.92. The zero-order chi connectivity index (χ0) is 12.1. The van der Waals surface area contributed by atoms with Gasteiger partial charge in [-0.1, -0.05) is 11.2 Å². The maximum absolute atomic E-state index is 5.44. The van der Waals surface area contributed by atoms with Gasteiger partial charge in [0.05, 0.1) is 18.0 Å². The summed E-state index contributed by atoms with van der Waals surface area (Å²) in [5.41, 5.74) is 7.12. The molecule has 0 aliphatic heterocycles. The van der Waals surface area contributed by atoms with Crippen LogP contribution in [0.25, 0.3) is 0 Å². The number of pyridine rings is 1. The standard InChI is InChI=1S/C10H12N4O2S/c1-15-5-7-3-2-4-8(12-7)6-16-10-14-13-9(11)17-10/h2-4H,5-6H2,1H3,(H2,11,13). The number of hydrogen-bond acceptors (Lipinski definition) is 7. The lowest BCUT2D eigenvalue weighted by molar-refractivity contribution is 0.181. The number of anilines is 1. The Kier molecular flexibility index (Phi) is 3.84. The van der Waals surface area contributed by atoms with Crippen LogP contribution >= 0.6 is 11.3 Å². The third-order valence-corrected chi connectivity index (χ3v) is 2.59. The van der Waals surface area contributed by atoms with Gasteiger partial charge in [0.1, 0.15) is 6.61 Å². The molecule has 90 valence electrons. The number of ether oxygens (including phenoxy) is 2. The van der Waals surface area contributed by atoms with Gasteiger partial charge in [0.15, 0.2) is 0 Å². The zero-order valence-electron chi connectivity index (χ0n) is 9.29. The van der Waals surface area contributed by atoms with Crippen molar-refractivity contribution in [1.29, 1.82) is 0 Å². The predicted octanol–water partition coefficient (Wildman–Crippen LogP) is 1.24. The maximum atomic E-state index is 5.44. The first kappa shape index (κ1) is 11.7. The van der Waals surface area contributed by atoms with E-state index in [1.165, 1.54) is 11.3 Å². The quantitative estimate of drug-likeness (QED) is 0.862. The van der Waals surface area contributed by atoms with Crippen molar-refractivity contribution in [3.63, 3.8) is 0 Å². The Morgan fingerprint density at radius 1 is 1.24 bits per heavy atom. The minimum atomic E-state index is 0.339. The Labute approximate surface area is 102 Å². The van der Waals surface area contributed by atoms with Gasteiger partial charge >= 0.3 is 0 Å². The van der Waals surface area contributed by atoms with E-state index in [9.17, 15) is 0 Å². The summed E-state index contributed by atoms with van der Waals surface area (Å²) < 4.78 is 10.4. The van der Waals surface area contributed by atoms with Crippen molar-refractivity contribution in [2.45, 2.75) is 13.2 Å². The molecule has 2 aromatic heterocycles. The largest absolute Gasteiger partial charge is 0.462 e. The Morgan fingerprint density at radius 2 is 2.00 bits per heavy atom. The topological polar surface area (TPSA) is 83.2 Å². The van der Waals surface area contributed by atoms with Crippen LogP contribution in [0.1, 0.15) is 11.4 Å². The van der Waals surface area contributed by atoms with E-state index in [1.54, 1.807) is 7.11 Å². The molecule has 0 saturated heterocycles. The van der Waals surface area contributed by atoms with E-state index in [0.29, 0.717) is 23.5 Å². The second kappa shape index (κ2) is 5.55. The van der Waals surface area contributed by atoms with Gasteiger partial charge in [0, 0.05) is 7.11 Å². The number of aromatic nitrogens is 3. The van der Waals surface area contributed by atoms with Crippen LogP contribution in [0.4, 0.5) is 5.13 Å². The monoisotopic (exact) mass is 252 g/mol. The van der Waals surface area contributed by atoms with E-state index < -0.39 is 0 Å².